The van der Waals surface area contributed by atoms with Gasteiger partial charge in [-0.2, -0.15) is 0 Å². The maximum atomic E-state index is 11.4. The first-order valence-electron chi connectivity index (χ1n) is 4.52. The van der Waals surface area contributed by atoms with Crippen LogP contribution in [0, 0.1) is 0 Å². The summed E-state index contributed by atoms with van der Waals surface area (Å²) in [5.74, 6) is 0.0315. The van der Waals surface area contributed by atoms with E-state index in [0.29, 0.717) is 0 Å². The average Bonchev–Trinajstić information content (AvgIpc) is 2.20. The third kappa shape index (κ3) is 2.42. The molecule has 0 heterocycles. The van der Waals surface area contributed by atoms with E-state index in [1.807, 2.05) is 0 Å². The first-order chi connectivity index (χ1) is 6.29. The molecule has 2 N–H and O–H groups in total. The lowest BCUT2D eigenvalue weighted by Crippen LogP contribution is -2.42. The summed E-state index contributed by atoms with van der Waals surface area (Å²) in [4.78, 5) is 11.4. The number of likely N-dealkylation sites (N-methyl/N-ethyl adjacent to an activating group) is 2. The number of hydrogen-bond acceptors (Lipinski definition) is 2. The Bertz CT molecular complexity index is 243. The van der Waals surface area contributed by atoms with Gasteiger partial charge in [-0.1, -0.05) is 18.2 Å². The number of allylic oxidation sites excluding steroid dienone is 3. The summed E-state index contributed by atoms with van der Waals surface area (Å²) in [6.07, 6.45) is 8.13. The lowest BCUT2D eigenvalue weighted by molar-refractivity contribution is -0.121. The molecule has 0 aromatic carbocycles. The van der Waals surface area contributed by atoms with Gasteiger partial charge in [0.1, 0.15) is 6.04 Å². The van der Waals surface area contributed by atoms with Crippen LogP contribution in [0.3, 0.4) is 0 Å². The summed E-state index contributed by atoms with van der Waals surface area (Å²) in [6.45, 7) is 0. The second-order valence-electron chi connectivity index (χ2n) is 3.03. The van der Waals surface area contributed by atoms with Crippen molar-refractivity contribution in [1.29, 1.82) is 0 Å². The molecule has 13 heavy (non-hydrogen) atoms. The molecular weight excluding hydrogens is 164 g/mol. The normalized spacial score (nSPS) is 17.8. The van der Waals surface area contributed by atoms with Gasteiger partial charge in [-0.3, -0.25) is 4.79 Å². The molecule has 1 atom stereocenters. The molecule has 1 amide bonds. The highest BCUT2D eigenvalue weighted by Crippen LogP contribution is 2.14. The van der Waals surface area contributed by atoms with E-state index in [4.69, 9.17) is 0 Å². The highest BCUT2D eigenvalue weighted by atomic mass is 16.2. The minimum Gasteiger partial charge on any atom is -0.358 e. The molecular formula is C10H16N2O. The van der Waals surface area contributed by atoms with Crippen molar-refractivity contribution in [3.8, 4) is 0 Å². The Morgan fingerprint density at radius 1 is 1.46 bits per heavy atom. The fourth-order valence-electron chi connectivity index (χ4n) is 1.48. The van der Waals surface area contributed by atoms with Crippen LogP contribution in [0.2, 0.25) is 0 Å². The van der Waals surface area contributed by atoms with Crippen molar-refractivity contribution in [3.63, 3.8) is 0 Å². The van der Waals surface area contributed by atoms with Crippen molar-refractivity contribution in [1.82, 2.24) is 10.6 Å². The first kappa shape index (κ1) is 9.99. The highest BCUT2D eigenvalue weighted by molar-refractivity contribution is 5.84. The number of nitrogens with one attached hydrogen (secondary N) is 2. The molecule has 0 saturated carbocycles. The molecule has 0 radical (unpaired) electrons. The Labute approximate surface area is 78.9 Å². The minimum atomic E-state index is -0.171. The topological polar surface area (TPSA) is 41.1 Å². The van der Waals surface area contributed by atoms with Crippen molar-refractivity contribution in [2.24, 2.45) is 0 Å². The third-order valence-electron chi connectivity index (χ3n) is 2.20. The van der Waals surface area contributed by atoms with Gasteiger partial charge in [0.25, 0.3) is 0 Å². The van der Waals surface area contributed by atoms with E-state index in [0.717, 1.165) is 18.4 Å². The first-order valence-corrected chi connectivity index (χ1v) is 4.52. The molecule has 0 spiro atoms. The van der Waals surface area contributed by atoms with Gasteiger partial charge in [-0.15, -0.1) is 0 Å². The third-order valence-corrected chi connectivity index (χ3v) is 2.20. The Morgan fingerprint density at radius 3 is 2.69 bits per heavy atom. The smallest absolute Gasteiger partial charge is 0.241 e. The summed E-state index contributed by atoms with van der Waals surface area (Å²) in [6, 6.07) is -0.171. The van der Waals surface area contributed by atoms with Gasteiger partial charge in [0, 0.05) is 7.05 Å². The van der Waals surface area contributed by atoms with Crippen LogP contribution in [-0.4, -0.2) is 26.0 Å². The van der Waals surface area contributed by atoms with Gasteiger partial charge in [0.15, 0.2) is 0 Å². The Morgan fingerprint density at radius 2 is 2.23 bits per heavy atom. The number of rotatable bonds is 3. The van der Waals surface area contributed by atoms with Crippen LogP contribution in [0.15, 0.2) is 23.8 Å². The standard InChI is InChI=1S/C10H16N2O/c1-11-9(10(13)12-2)8-6-4-3-5-7-8/h3-4,7,9,11H,5-6H2,1-2H3,(H,12,13). The van der Waals surface area contributed by atoms with E-state index in [1.165, 1.54) is 0 Å². The predicted molar refractivity (Wildman–Crippen MR) is 53.4 cm³/mol. The van der Waals surface area contributed by atoms with E-state index in [2.05, 4.69) is 28.9 Å². The van der Waals surface area contributed by atoms with Crippen LogP contribution in [-0.2, 0) is 4.79 Å². The van der Waals surface area contributed by atoms with Gasteiger partial charge in [0.05, 0.1) is 0 Å². The number of hydrogen-bond donors (Lipinski definition) is 2. The average molecular weight is 180 g/mol. The van der Waals surface area contributed by atoms with Crippen LogP contribution in [0.25, 0.3) is 0 Å². The maximum absolute atomic E-state index is 11.4. The lowest BCUT2D eigenvalue weighted by atomic mass is 9.98. The molecule has 0 saturated heterocycles. The molecule has 0 aliphatic heterocycles. The quantitative estimate of drug-likeness (QED) is 0.624. The van der Waals surface area contributed by atoms with Crippen molar-refractivity contribution in [2.75, 3.05) is 14.1 Å². The fourth-order valence-corrected chi connectivity index (χ4v) is 1.48. The molecule has 0 aromatic heterocycles. The number of amides is 1. The van der Waals surface area contributed by atoms with Gasteiger partial charge < -0.3 is 10.6 Å². The summed E-state index contributed by atoms with van der Waals surface area (Å²) >= 11 is 0. The molecule has 0 aromatic rings. The van der Waals surface area contributed by atoms with E-state index < -0.39 is 0 Å². The van der Waals surface area contributed by atoms with E-state index in [9.17, 15) is 4.79 Å². The maximum Gasteiger partial charge on any atom is 0.241 e. The summed E-state index contributed by atoms with van der Waals surface area (Å²) in [5.41, 5.74) is 1.16. The lowest BCUT2D eigenvalue weighted by Gasteiger charge is -2.18. The van der Waals surface area contributed by atoms with Crippen LogP contribution in [0.4, 0.5) is 0 Å². The van der Waals surface area contributed by atoms with Gasteiger partial charge >= 0.3 is 0 Å². The zero-order valence-corrected chi connectivity index (χ0v) is 8.13. The van der Waals surface area contributed by atoms with Crippen molar-refractivity contribution >= 4 is 5.91 Å². The van der Waals surface area contributed by atoms with Crippen LogP contribution >= 0.6 is 0 Å². The number of carbonyl (C=O) groups is 1. The van der Waals surface area contributed by atoms with Gasteiger partial charge in [-0.25, -0.2) is 0 Å². The molecule has 0 bridgehead atoms. The Hall–Kier alpha value is -1.09. The molecule has 1 unspecified atom stereocenters. The van der Waals surface area contributed by atoms with Crippen LogP contribution < -0.4 is 10.6 Å². The Kier molecular flexibility index (Phi) is 3.71. The molecule has 0 fully saturated rings. The summed E-state index contributed by atoms with van der Waals surface area (Å²) in [5, 5.41) is 5.66. The van der Waals surface area contributed by atoms with Crippen LogP contribution in [0.5, 0.6) is 0 Å². The minimum absolute atomic E-state index is 0.0315. The summed E-state index contributed by atoms with van der Waals surface area (Å²) in [7, 11) is 3.46. The zero-order valence-electron chi connectivity index (χ0n) is 8.13. The molecule has 1 aliphatic rings. The molecule has 1 aliphatic carbocycles. The predicted octanol–water partition coefficient (Wildman–Crippen LogP) is 0.597. The second-order valence-corrected chi connectivity index (χ2v) is 3.03. The van der Waals surface area contributed by atoms with Crippen molar-refractivity contribution in [3.05, 3.63) is 23.8 Å². The second kappa shape index (κ2) is 4.82. The van der Waals surface area contributed by atoms with Gasteiger partial charge in [-0.05, 0) is 25.5 Å². The molecule has 3 heteroatoms. The zero-order chi connectivity index (χ0) is 9.68. The summed E-state index contributed by atoms with van der Waals surface area (Å²) < 4.78 is 0. The van der Waals surface area contributed by atoms with E-state index in [1.54, 1.807) is 14.1 Å². The van der Waals surface area contributed by atoms with Crippen LogP contribution in [0.1, 0.15) is 12.8 Å². The van der Waals surface area contributed by atoms with E-state index in [-0.39, 0.29) is 11.9 Å². The SMILES string of the molecule is CNC(=O)C(NC)C1=CCC=CC1. The molecule has 72 valence electrons. The van der Waals surface area contributed by atoms with Crippen molar-refractivity contribution in [2.45, 2.75) is 18.9 Å². The largest absolute Gasteiger partial charge is 0.358 e. The molecule has 3 nitrogen and oxygen atoms in total. The Balaban J connectivity index is 2.65. The van der Waals surface area contributed by atoms with Crippen molar-refractivity contribution < 1.29 is 4.79 Å². The monoisotopic (exact) mass is 180 g/mol. The fraction of sp³-hybridized carbons (Fsp3) is 0.500. The van der Waals surface area contributed by atoms with E-state index >= 15 is 0 Å². The number of carbonyl (C=O) groups excluding carboxylic acids is 1. The van der Waals surface area contributed by atoms with Gasteiger partial charge in [0.2, 0.25) is 5.91 Å². The highest BCUT2D eigenvalue weighted by Gasteiger charge is 2.19. The molecule has 1 rings (SSSR count).